The molecule has 1 atom stereocenters. The van der Waals surface area contributed by atoms with Crippen molar-refractivity contribution < 1.29 is 9.21 Å². The van der Waals surface area contributed by atoms with Gasteiger partial charge in [0.25, 0.3) is 5.91 Å². The predicted octanol–water partition coefficient (Wildman–Crippen LogP) is 4.32. The number of aromatic nitrogens is 3. The largest absolute Gasteiger partial charge is 0.423 e. The van der Waals surface area contributed by atoms with Crippen molar-refractivity contribution in [2.45, 2.75) is 18.9 Å². The van der Waals surface area contributed by atoms with Crippen LogP contribution in [-0.2, 0) is 0 Å². The standard InChI is InChI=1S/C20H16N4O2S/c25-20(14-9-7-13(8-10-14)18-23-21-12-26-18)24-11-3-5-16(24)19-22-15-4-1-2-6-17(15)27-19/h1-2,4,6-10,12,16H,3,5,11H2/t16-/m0/s1. The molecule has 1 saturated heterocycles. The van der Waals surface area contributed by atoms with Gasteiger partial charge in [-0.15, -0.1) is 21.5 Å². The Morgan fingerprint density at radius 1 is 1.15 bits per heavy atom. The van der Waals surface area contributed by atoms with Gasteiger partial charge in [-0.2, -0.15) is 0 Å². The molecule has 2 aromatic heterocycles. The quantitative estimate of drug-likeness (QED) is 0.532. The highest BCUT2D eigenvalue weighted by atomic mass is 32.1. The molecule has 0 N–H and O–H groups in total. The monoisotopic (exact) mass is 376 g/mol. The van der Waals surface area contributed by atoms with Crippen molar-refractivity contribution in [2.24, 2.45) is 0 Å². The van der Waals surface area contributed by atoms with Gasteiger partial charge in [0, 0.05) is 17.7 Å². The number of carbonyl (C=O) groups excluding carboxylic acids is 1. The lowest BCUT2D eigenvalue weighted by Gasteiger charge is -2.23. The van der Waals surface area contributed by atoms with Gasteiger partial charge in [-0.3, -0.25) is 4.79 Å². The minimum atomic E-state index is 0.0360. The number of amides is 1. The summed E-state index contributed by atoms with van der Waals surface area (Å²) in [4.78, 5) is 19.8. The normalized spacial score (nSPS) is 16.9. The van der Waals surface area contributed by atoms with Crippen LogP contribution in [0, 0.1) is 0 Å². The van der Waals surface area contributed by atoms with E-state index in [0.29, 0.717) is 11.5 Å². The van der Waals surface area contributed by atoms with Crippen LogP contribution < -0.4 is 0 Å². The van der Waals surface area contributed by atoms with Crippen LogP contribution in [0.4, 0.5) is 0 Å². The molecule has 4 aromatic rings. The van der Waals surface area contributed by atoms with Crippen molar-refractivity contribution in [1.29, 1.82) is 0 Å². The Bertz CT molecular complexity index is 1060. The molecular weight excluding hydrogens is 360 g/mol. The summed E-state index contributed by atoms with van der Waals surface area (Å²) in [5.74, 6) is 0.483. The third kappa shape index (κ3) is 2.90. The molecular formula is C20H16N4O2S. The van der Waals surface area contributed by atoms with Crippen LogP contribution in [0.2, 0.25) is 0 Å². The number of likely N-dealkylation sites (tertiary alicyclic amines) is 1. The van der Waals surface area contributed by atoms with E-state index >= 15 is 0 Å². The van der Waals surface area contributed by atoms with Gasteiger partial charge in [0.05, 0.1) is 16.3 Å². The first-order valence-corrected chi connectivity index (χ1v) is 9.64. The van der Waals surface area contributed by atoms with Gasteiger partial charge in [0.2, 0.25) is 12.3 Å². The fourth-order valence-electron chi connectivity index (χ4n) is 3.52. The van der Waals surface area contributed by atoms with E-state index in [9.17, 15) is 4.79 Å². The number of nitrogens with zero attached hydrogens (tertiary/aromatic N) is 4. The summed E-state index contributed by atoms with van der Waals surface area (Å²) >= 11 is 1.68. The van der Waals surface area contributed by atoms with Gasteiger partial charge in [-0.25, -0.2) is 4.98 Å². The lowest BCUT2D eigenvalue weighted by molar-refractivity contribution is 0.0735. The lowest BCUT2D eigenvalue weighted by Crippen LogP contribution is -2.30. The maximum atomic E-state index is 13.1. The van der Waals surface area contributed by atoms with Crippen LogP contribution in [0.5, 0.6) is 0 Å². The molecule has 2 aromatic carbocycles. The van der Waals surface area contributed by atoms with Gasteiger partial charge in [-0.1, -0.05) is 12.1 Å². The van der Waals surface area contributed by atoms with E-state index in [1.807, 2.05) is 47.4 Å². The number of hydrogen-bond acceptors (Lipinski definition) is 6. The minimum Gasteiger partial charge on any atom is -0.423 e. The summed E-state index contributed by atoms with van der Waals surface area (Å²) in [5.41, 5.74) is 2.46. The summed E-state index contributed by atoms with van der Waals surface area (Å²) < 4.78 is 6.36. The molecule has 5 rings (SSSR count). The number of thiazole rings is 1. The SMILES string of the molecule is O=C(c1ccc(-c2nnco2)cc1)N1CCC[C@H]1c1nc2ccccc2s1. The summed E-state index contributed by atoms with van der Waals surface area (Å²) in [6.07, 6.45) is 3.24. The van der Waals surface area contributed by atoms with Crippen LogP contribution in [0.3, 0.4) is 0 Å². The van der Waals surface area contributed by atoms with Gasteiger partial charge >= 0.3 is 0 Å². The molecule has 1 aliphatic heterocycles. The number of benzene rings is 2. The number of fused-ring (bicyclic) bond motifs is 1. The summed E-state index contributed by atoms with van der Waals surface area (Å²) in [6.45, 7) is 0.755. The van der Waals surface area contributed by atoms with Crippen molar-refractivity contribution >= 4 is 27.5 Å². The Morgan fingerprint density at radius 3 is 2.78 bits per heavy atom. The van der Waals surface area contributed by atoms with Crippen molar-refractivity contribution in [3.8, 4) is 11.5 Å². The van der Waals surface area contributed by atoms with E-state index in [1.54, 1.807) is 11.3 Å². The lowest BCUT2D eigenvalue weighted by atomic mass is 10.1. The van der Waals surface area contributed by atoms with Crippen molar-refractivity contribution in [2.75, 3.05) is 6.54 Å². The molecule has 7 heteroatoms. The number of para-hydroxylation sites is 1. The van der Waals surface area contributed by atoms with Gasteiger partial charge < -0.3 is 9.32 Å². The molecule has 1 aliphatic rings. The Kier molecular flexibility index (Phi) is 3.94. The van der Waals surface area contributed by atoms with Crippen molar-refractivity contribution in [3.63, 3.8) is 0 Å². The Morgan fingerprint density at radius 2 is 2.00 bits per heavy atom. The molecule has 3 heterocycles. The first kappa shape index (κ1) is 16.1. The van der Waals surface area contributed by atoms with Crippen molar-refractivity contribution in [1.82, 2.24) is 20.1 Å². The second-order valence-electron chi connectivity index (χ2n) is 6.50. The van der Waals surface area contributed by atoms with Crippen LogP contribution in [0.25, 0.3) is 21.7 Å². The smallest absolute Gasteiger partial charge is 0.254 e. The molecule has 134 valence electrons. The summed E-state index contributed by atoms with van der Waals surface area (Å²) in [5, 5.41) is 8.59. The molecule has 1 fully saturated rings. The zero-order valence-electron chi connectivity index (χ0n) is 14.4. The summed E-state index contributed by atoms with van der Waals surface area (Å²) in [6, 6.07) is 15.5. The van der Waals surface area contributed by atoms with E-state index in [4.69, 9.17) is 9.40 Å². The Labute approximate surface area is 159 Å². The number of rotatable bonds is 3. The highest BCUT2D eigenvalue weighted by Gasteiger charge is 2.32. The second-order valence-corrected chi connectivity index (χ2v) is 7.56. The van der Waals surface area contributed by atoms with Crippen LogP contribution >= 0.6 is 11.3 Å². The molecule has 0 bridgehead atoms. The number of carbonyl (C=O) groups is 1. The maximum absolute atomic E-state index is 13.1. The predicted molar refractivity (Wildman–Crippen MR) is 102 cm³/mol. The molecule has 0 unspecified atom stereocenters. The van der Waals surface area contributed by atoms with Crippen LogP contribution in [0.1, 0.15) is 34.2 Å². The van der Waals surface area contributed by atoms with E-state index in [2.05, 4.69) is 16.3 Å². The van der Waals surface area contributed by atoms with E-state index < -0.39 is 0 Å². The third-order valence-corrected chi connectivity index (χ3v) is 5.99. The Balaban J connectivity index is 1.41. The van der Waals surface area contributed by atoms with E-state index in [1.165, 1.54) is 6.39 Å². The first-order valence-electron chi connectivity index (χ1n) is 8.82. The fourth-order valence-corrected chi connectivity index (χ4v) is 4.63. The van der Waals surface area contributed by atoms with Crippen LogP contribution in [0.15, 0.2) is 59.3 Å². The molecule has 0 saturated carbocycles. The molecule has 0 spiro atoms. The van der Waals surface area contributed by atoms with Gasteiger partial charge in [-0.05, 0) is 49.2 Å². The second kappa shape index (κ2) is 6.59. The first-order chi connectivity index (χ1) is 13.3. The topological polar surface area (TPSA) is 72.1 Å². The Hall–Kier alpha value is -3.06. The molecule has 1 amide bonds. The maximum Gasteiger partial charge on any atom is 0.254 e. The summed E-state index contributed by atoms with van der Waals surface area (Å²) in [7, 11) is 0. The zero-order chi connectivity index (χ0) is 18.2. The fraction of sp³-hybridized carbons (Fsp3) is 0.200. The van der Waals surface area contributed by atoms with Gasteiger partial charge in [0.15, 0.2) is 0 Å². The number of hydrogen-bond donors (Lipinski definition) is 0. The van der Waals surface area contributed by atoms with Crippen molar-refractivity contribution in [3.05, 3.63) is 65.5 Å². The molecule has 27 heavy (non-hydrogen) atoms. The average Bonchev–Trinajstić information content (AvgIpc) is 3.47. The van der Waals surface area contributed by atoms with E-state index in [-0.39, 0.29) is 11.9 Å². The molecule has 0 aliphatic carbocycles. The average molecular weight is 376 g/mol. The highest BCUT2D eigenvalue weighted by molar-refractivity contribution is 7.18. The minimum absolute atomic E-state index is 0.0360. The highest BCUT2D eigenvalue weighted by Crippen LogP contribution is 2.37. The van der Waals surface area contributed by atoms with Crippen LogP contribution in [-0.4, -0.2) is 32.5 Å². The van der Waals surface area contributed by atoms with Gasteiger partial charge in [0.1, 0.15) is 5.01 Å². The molecule has 0 radical (unpaired) electrons. The zero-order valence-corrected chi connectivity index (χ0v) is 15.2. The third-order valence-electron chi connectivity index (χ3n) is 4.85. The van der Waals surface area contributed by atoms with E-state index in [0.717, 1.165) is 40.2 Å². The molecule has 6 nitrogen and oxygen atoms in total.